The molecular formula is C2H5N2O3PS. The lowest BCUT2D eigenvalue weighted by molar-refractivity contribution is 0.196. The Bertz CT molecular complexity index is 110. The first kappa shape index (κ1) is 8.68. The van der Waals surface area contributed by atoms with Crippen LogP contribution in [0.5, 0.6) is 0 Å². The largest absolute Gasteiger partial charge is 0.465 e. The van der Waals surface area contributed by atoms with Gasteiger partial charge in [-0.25, -0.2) is 4.79 Å². The highest BCUT2D eigenvalue weighted by atomic mass is 32.2. The Labute approximate surface area is 57.6 Å². The topological polar surface area (TPSA) is 78.4 Å². The monoisotopic (exact) mass is 168 g/mol. The van der Waals surface area contributed by atoms with Gasteiger partial charge in [-0.05, 0) is 11.9 Å². The van der Waals surface area contributed by atoms with Gasteiger partial charge in [-0.1, -0.05) is 0 Å². The number of carboxylic acid groups (broad SMARTS) is 1. The van der Waals surface area contributed by atoms with Gasteiger partial charge in [-0.3, -0.25) is 4.57 Å². The third-order valence-corrected chi connectivity index (χ3v) is 1.50. The van der Waals surface area contributed by atoms with Crippen molar-refractivity contribution in [3.63, 3.8) is 0 Å². The maximum atomic E-state index is 9.73. The molecule has 3 N–H and O–H groups in total. The maximum absolute atomic E-state index is 9.73. The molecular weight excluding hydrogens is 163 g/mol. The van der Waals surface area contributed by atoms with Crippen LogP contribution < -0.4 is 9.81 Å². The summed E-state index contributed by atoms with van der Waals surface area (Å²) in [5.41, 5.74) is 0. The molecule has 0 radical (unpaired) electrons. The highest BCUT2D eigenvalue weighted by molar-refractivity contribution is 8.00. The molecule has 1 amide bonds. The van der Waals surface area contributed by atoms with Crippen molar-refractivity contribution in [2.24, 2.45) is 0 Å². The molecule has 7 heteroatoms. The Morgan fingerprint density at radius 2 is 2.44 bits per heavy atom. The molecule has 5 nitrogen and oxygen atoms in total. The molecule has 0 spiro atoms. The molecule has 0 aliphatic carbocycles. The van der Waals surface area contributed by atoms with Gasteiger partial charge in [0, 0.05) is 0 Å². The van der Waals surface area contributed by atoms with Gasteiger partial charge in [-0.2, -0.15) is 4.49 Å². The zero-order valence-electron chi connectivity index (χ0n) is 4.33. The summed E-state index contributed by atoms with van der Waals surface area (Å²) in [6, 6.07) is 0. The van der Waals surface area contributed by atoms with Crippen LogP contribution in [-0.4, -0.2) is 17.1 Å². The van der Waals surface area contributed by atoms with E-state index in [1.807, 2.05) is 0 Å². The molecule has 0 aromatic rings. The smallest absolute Gasteiger partial charge is 0.405 e. The van der Waals surface area contributed by atoms with E-state index < -0.39 is 6.09 Å². The lowest BCUT2D eigenvalue weighted by Crippen LogP contribution is -2.20. The minimum atomic E-state index is -1.09. The molecule has 0 saturated carbocycles. The van der Waals surface area contributed by atoms with Gasteiger partial charge in [0.15, 0.2) is 0 Å². The number of hydrogen-bond acceptors (Lipinski definition) is 3. The average molecular weight is 168 g/mol. The van der Waals surface area contributed by atoms with Crippen LogP contribution in [0.15, 0.2) is 0 Å². The van der Waals surface area contributed by atoms with E-state index in [0.717, 1.165) is 11.9 Å². The quantitative estimate of drug-likeness (QED) is 0.248. The van der Waals surface area contributed by atoms with Gasteiger partial charge < -0.3 is 10.4 Å². The lowest BCUT2D eigenvalue weighted by Gasteiger charge is -1.94. The zero-order valence-corrected chi connectivity index (χ0v) is 6.04. The first-order chi connectivity index (χ1) is 4.27. The van der Waals surface area contributed by atoms with Crippen molar-refractivity contribution < 1.29 is 14.5 Å². The first-order valence-electron chi connectivity index (χ1n) is 1.93. The van der Waals surface area contributed by atoms with Crippen molar-refractivity contribution in [2.75, 3.05) is 5.88 Å². The highest BCUT2D eigenvalue weighted by Gasteiger charge is 1.90. The van der Waals surface area contributed by atoms with Crippen LogP contribution in [0.25, 0.3) is 0 Å². The van der Waals surface area contributed by atoms with E-state index in [4.69, 9.17) is 5.11 Å². The fourth-order valence-corrected chi connectivity index (χ4v) is 0.821. The predicted octanol–water partition coefficient (Wildman–Crippen LogP) is 0.656. The molecule has 9 heavy (non-hydrogen) atoms. The summed E-state index contributed by atoms with van der Waals surface area (Å²) in [5, 5.41) is 10.0. The van der Waals surface area contributed by atoms with E-state index in [0.29, 0.717) is 0 Å². The van der Waals surface area contributed by atoms with E-state index in [1.54, 1.807) is 0 Å². The standard InChI is InChI=1S/C2H5N2O3PS/c5-2(6)3-1-9-4-8-7/h3H,1H2,(H,4,7)(H,5,6). The molecule has 0 aliphatic heterocycles. The van der Waals surface area contributed by atoms with Gasteiger partial charge in [0.25, 0.3) is 8.61 Å². The molecule has 0 unspecified atom stereocenters. The normalized spacial score (nSPS) is 9.33. The van der Waals surface area contributed by atoms with E-state index in [9.17, 15) is 9.36 Å². The van der Waals surface area contributed by atoms with Crippen LogP contribution in [0.4, 0.5) is 4.79 Å². The Balaban J connectivity index is 2.91. The molecule has 0 aromatic carbocycles. The van der Waals surface area contributed by atoms with Crippen molar-refractivity contribution in [2.45, 2.75) is 0 Å². The van der Waals surface area contributed by atoms with Gasteiger partial charge >= 0.3 is 6.09 Å². The molecule has 0 aliphatic rings. The summed E-state index contributed by atoms with van der Waals surface area (Å²) in [4.78, 5) is 9.73. The van der Waals surface area contributed by atoms with Crippen LogP contribution in [0.2, 0.25) is 0 Å². The van der Waals surface area contributed by atoms with E-state index in [1.165, 1.54) is 0 Å². The molecule has 0 atom stereocenters. The predicted molar refractivity (Wildman–Crippen MR) is 34.4 cm³/mol. The summed E-state index contributed by atoms with van der Waals surface area (Å²) in [5.74, 6) is 0.185. The average Bonchev–Trinajstić information content (AvgIpc) is 1.80. The van der Waals surface area contributed by atoms with Gasteiger partial charge in [0.05, 0.1) is 5.88 Å². The summed E-state index contributed by atoms with van der Waals surface area (Å²) in [7, 11) is -0.213. The van der Waals surface area contributed by atoms with Crippen molar-refractivity contribution in [3.05, 3.63) is 0 Å². The zero-order chi connectivity index (χ0) is 7.11. The van der Waals surface area contributed by atoms with Crippen LogP contribution >= 0.6 is 20.6 Å². The van der Waals surface area contributed by atoms with E-state index in [-0.39, 0.29) is 14.5 Å². The van der Waals surface area contributed by atoms with Crippen LogP contribution in [0.1, 0.15) is 0 Å². The summed E-state index contributed by atoms with van der Waals surface area (Å²) < 4.78 is 12.0. The number of rotatable bonds is 4. The minimum Gasteiger partial charge on any atom is -0.465 e. The lowest BCUT2D eigenvalue weighted by atomic mass is 11.1. The van der Waals surface area contributed by atoms with Crippen molar-refractivity contribution >= 4 is 26.7 Å². The van der Waals surface area contributed by atoms with Crippen LogP contribution in [0, 0.1) is 0 Å². The van der Waals surface area contributed by atoms with Crippen molar-refractivity contribution in [1.82, 2.24) is 9.81 Å². The fourth-order valence-electron chi connectivity index (χ4n) is 0.156. The highest BCUT2D eigenvalue weighted by Crippen LogP contribution is 1.95. The Morgan fingerprint density at radius 3 is 2.89 bits per heavy atom. The molecule has 0 bridgehead atoms. The number of carbonyl (C=O) groups is 1. The number of hydrogen-bond donors (Lipinski definition) is 3. The second-order valence-corrected chi connectivity index (χ2v) is 2.44. The first-order valence-corrected chi connectivity index (χ1v) is 3.73. The second kappa shape index (κ2) is 5.81. The van der Waals surface area contributed by atoms with Crippen molar-refractivity contribution in [1.29, 1.82) is 0 Å². The Kier molecular flexibility index (Phi) is 5.60. The molecule has 0 saturated heterocycles. The summed E-state index contributed by atoms with van der Waals surface area (Å²) in [6.45, 7) is 0. The molecule has 0 heterocycles. The van der Waals surface area contributed by atoms with Gasteiger partial charge in [-0.15, -0.1) is 0 Å². The van der Waals surface area contributed by atoms with Gasteiger partial charge in [0.2, 0.25) is 0 Å². The van der Waals surface area contributed by atoms with Crippen LogP contribution in [-0.2, 0) is 4.57 Å². The maximum Gasteiger partial charge on any atom is 0.405 e. The van der Waals surface area contributed by atoms with Crippen LogP contribution in [0.3, 0.4) is 0 Å². The minimum absolute atomic E-state index is 0.185. The third-order valence-electron chi connectivity index (χ3n) is 0.397. The van der Waals surface area contributed by atoms with Gasteiger partial charge in [0.1, 0.15) is 0 Å². The van der Waals surface area contributed by atoms with E-state index >= 15 is 0 Å². The molecule has 0 fully saturated rings. The Hall–Kier alpha value is -0.320. The molecule has 52 valence electrons. The number of amides is 1. The summed E-state index contributed by atoms with van der Waals surface area (Å²) in [6.07, 6.45) is -1.09. The summed E-state index contributed by atoms with van der Waals surface area (Å²) >= 11 is 1.01. The third kappa shape index (κ3) is 7.68. The van der Waals surface area contributed by atoms with E-state index in [2.05, 4.69) is 9.81 Å². The fraction of sp³-hybridized carbons (Fsp3) is 0.500. The molecule has 0 aromatic heterocycles. The SMILES string of the molecule is O=PNSCNC(=O)O. The second-order valence-electron chi connectivity index (χ2n) is 0.953. The molecule has 0 rings (SSSR count). The Morgan fingerprint density at radius 1 is 1.78 bits per heavy atom. The number of nitrogens with one attached hydrogen (secondary N) is 2. The van der Waals surface area contributed by atoms with Crippen molar-refractivity contribution in [3.8, 4) is 0 Å².